The van der Waals surface area contributed by atoms with Gasteiger partial charge in [-0.3, -0.25) is 16.0 Å². The number of hydrogen-bond acceptors (Lipinski definition) is 5. The fourth-order valence-corrected chi connectivity index (χ4v) is 1.97. The number of nitrogens with one attached hydrogen (secondary N) is 1. The van der Waals surface area contributed by atoms with Crippen LogP contribution >= 0.6 is 0 Å². The second-order valence-electron chi connectivity index (χ2n) is 4.62. The van der Waals surface area contributed by atoms with Gasteiger partial charge in [0.25, 0.3) is 5.69 Å². The molecule has 1 rings (SSSR count). The molecule has 0 fully saturated rings. The maximum absolute atomic E-state index is 10.9. The highest BCUT2D eigenvalue weighted by atomic mass is 16.6. The molecule has 0 amide bonds. The van der Waals surface area contributed by atoms with Crippen LogP contribution < -0.4 is 11.3 Å². The van der Waals surface area contributed by atoms with Crippen LogP contribution in [0.1, 0.15) is 32.3 Å². The van der Waals surface area contributed by atoms with E-state index in [0.717, 1.165) is 12.8 Å². The lowest BCUT2D eigenvalue weighted by atomic mass is 10.1. The summed E-state index contributed by atoms with van der Waals surface area (Å²) in [6.45, 7) is 5.21. The Labute approximate surface area is 113 Å². The summed E-state index contributed by atoms with van der Waals surface area (Å²) in [7, 11) is 0. The molecule has 0 heterocycles. The molecule has 6 nitrogen and oxygen atoms in total. The molecule has 0 aliphatic rings. The highest BCUT2D eigenvalue weighted by molar-refractivity contribution is 5.65. The smallest absolute Gasteiger partial charge is 0.294 e. The van der Waals surface area contributed by atoms with Gasteiger partial charge in [-0.15, -0.1) is 0 Å². The predicted octanol–water partition coefficient (Wildman–Crippen LogP) is 2.83. The van der Waals surface area contributed by atoms with E-state index in [9.17, 15) is 10.1 Å². The Balaban J connectivity index is 2.68. The van der Waals surface area contributed by atoms with Gasteiger partial charge in [0.15, 0.2) is 0 Å². The van der Waals surface area contributed by atoms with E-state index in [4.69, 9.17) is 10.6 Å². The van der Waals surface area contributed by atoms with Crippen LogP contribution in [0.2, 0.25) is 0 Å². The number of rotatable bonds is 8. The van der Waals surface area contributed by atoms with Crippen LogP contribution in [-0.2, 0) is 11.3 Å². The number of ether oxygens (including phenoxy) is 1. The molecule has 1 atom stereocenters. The number of nitrogens with zero attached hydrogens (tertiary/aromatic N) is 1. The standard InChI is InChI=1S/C13H21N3O3/c1-3-5-10(2)8-19-9-11-6-4-7-12(16(17)18)13(11)15-14/h4,6-7,10,15H,3,5,8-9,14H2,1-2H3. The van der Waals surface area contributed by atoms with E-state index in [1.54, 1.807) is 12.1 Å². The van der Waals surface area contributed by atoms with Gasteiger partial charge in [-0.25, -0.2) is 0 Å². The van der Waals surface area contributed by atoms with Crippen molar-refractivity contribution in [3.8, 4) is 0 Å². The van der Waals surface area contributed by atoms with E-state index in [1.165, 1.54) is 6.07 Å². The summed E-state index contributed by atoms with van der Waals surface area (Å²) in [6.07, 6.45) is 2.23. The normalized spacial score (nSPS) is 12.2. The van der Waals surface area contributed by atoms with Crippen molar-refractivity contribution in [2.24, 2.45) is 11.8 Å². The predicted molar refractivity (Wildman–Crippen MR) is 74.6 cm³/mol. The molecule has 0 radical (unpaired) electrons. The van der Waals surface area contributed by atoms with Gasteiger partial charge in [-0.05, 0) is 12.3 Å². The summed E-state index contributed by atoms with van der Waals surface area (Å²) in [5.41, 5.74) is 3.36. The summed E-state index contributed by atoms with van der Waals surface area (Å²) in [5.74, 6) is 5.84. The number of anilines is 1. The van der Waals surface area contributed by atoms with Gasteiger partial charge in [-0.1, -0.05) is 32.4 Å². The first-order valence-corrected chi connectivity index (χ1v) is 6.40. The first kappa shape index (κ1) is 15.4. The Morgan fingerprint density at radius 1 is 1.53 bits per heavy atom. The molecule has 6 heteroatoms. The maximum atomic E-state index is 10.9. The fourth-order valence-electron chi connectivity index (χ4n) is 1.97. The minimum Gasteiger partial charge on any atom is -0.376 e. The number of para-hydroxylation sites is 1. The van der Waals surface area contributed by atoms with E-state index in [0.29, 0.717) is 30.4 Å². The maximum Gasteiger partial charge on any atom is 0.294 e. The third-order valence-corrected chi connectivity index (χ3v) is 2.91. The largest absolute Gasteiger partial charge is 0.376 e. The van der Waals surface area contributed by atoms with Gasteiger partial charge >= 0.3 is 0 Å². The lowest BCUT2D eigenvalue weighted by Crippen LogP contribution is -2.13. The Kier molecular flexibility index (Phi) is 6.24. The molecular weight excluding hydrogens is 246 g/mol. The third kappa shape index (κ3) is 4.50. The molecule has 0 saturated heterocycles. The van der Waals surface area contributed by atoms with Crippen LogP contribution in [0.4, 0.5) is 11.4 Å². The number of benzene rings is 1. The molecule has 0 saturated carbocycles. The van der Waals surface area contributed by atoms with Crippen molar-refractivity contribution in [1.82, 2.24) is 0 Å². The monoisotopic (exact) mass is 267 g/mol. The molecule has 1 aromatic rings. The molecule has 106 valence electrons. The van der Waals surface area contributed by atoms with Crippen LogP contribution in [0, 0.1) is 16.0 Å². The first-order chi connectivity index (χ1) is 9.10. The molecular formula is C13H21N3O3. The molecule has 0 aromatic heterocycles. The average molecular weight is 267 g/mol. The Morgan fingerprint density at radius 3 is 2.84 bits per heavy atom. The lowest BCUT2D eigenvalue weighted by Gasteiger charge is -2.13. The van der Waals surface area contributed by atoms with Crippen molar-refractivity contribution in [3.05, 3.63) is 33.9 Å². The van der Waals surface area contributed by atoms with Crippen LogP contribution in [0.3, 0.4) is 0 Å². The molecule has 3 N–H and O–H groups in total. The summed E-state index contributed by atoms with van der Waals surface area (Å²) < 4.78 is 5.59. The van der Waals surface area contributed by atoms with E-state index in [2.05, 4.69) is 19.3 Å². The molecule has 0 aliphatic carbocycles. The molecule has 1 aromatic carbocycles. The van der Waals surface area contributed by atoms with Crippen LogP contribution in [0.15, 0.2) is 18.2 Å². The zero-order valence-electron chi connectivity index (χ0n) is 11.4. The van der Waals surface area contributed by atoms with Crippen molar-refractivity contribution in [1.29, 1.82) is 0 Å². The Bertz CT molecular complexity index is 424. The second kappa shape index (κ2) is 7.70. The van der Waals surface area contributed by atoms with Crippen molar-refractivity contribution in [3.63, 3.8) is 0 Å². The average Bonchev–Trinajstić information content (AvgIpc) is 2.38. The third-order valence-electron chi connectivity index (χ3n) is 2.91. The molecule has 1 unspecified atom stereocenters. The molecule has 0 bridgehead atoms. The summed E-state index contributed by atoms with van der Waals surface area (Å²) in [6, 6.07) is 4.82. The number of nitrogens with two attached hydrogens (primary N) is 1. The highest BCUT2D eigenvalue weighted by Crippen LogP contribution is 2.27. The van der Waals surface area contributed by atoms with E-state index in [-0.39, 0.29) is 5.69 Å². The Morgan fingerprint density at radius 2 is 2.26 bits per heavy atom. The second-order valence-corrected chi connectivity index (χ2v) is 4.62. The van der Waals surface area contributed by atoms with Gasteiger partial charge in [0.1, 0.15) is 5.69 Å². The number of hydrazine groups is 1. The SMILES string of the molecule is CCCC(C)COCc1cccc([N+](=O)[O-])c1NN. The van der Waals surface area contributed by atoms with Crippen molar-refractivity contribution >= 4 is 11.4 Å². The number of nitro groups is 1. The van der Waals surface area contributed by atoms with Gasteiger partial charge in [0.2, 0.25) is 0 Å². The van der Waals surface area contributed by atoms with Crippen LogP contribution in [0.5, 0.6) is 0 Å². The lowest BCUT2D eigenvalue weighted by molar-refractivity contribution is -0.384. The van der Waals surface area contributed by atoms with Crippen molar-refractivity contribution in [2.45, 2.75) is 33.3 Å². The zero-order valence-corrected chi connectivity index (χ0v) is 11.4. The minimum atomic E-state index is -0.460. The van der Waals surface area contributed by atoms with Crippen molar-refractivity contribution in [2.75, 3.05) is 12.0 Å². The summed E-state index contributed by atoms with van der Waals surface area (Å²) >= 11 is 0. The molecule has 0 aliphatic heterocycles. The van der Waals surface area contributed by atoms with Gasteiger partial charge < -0.3 is 10.2 Å². The number of hydrogen-bond donors (Lipinski definition) is 2. The van der Waals surface area contributed by atoms with Gasteiger partial charge in [-0.2, -0.15) is 0 Å². The first-order valence-electron chi connectivity index (χ1n) is 6.40. The van der Waals surface area contributed by atoms with E-state index in [1.807, 2.05) is 0 Å². The Hall–Kier alpha value is -1.66. The number of nitro benzene ring substituents is 1. The summed E-state index contributed by atoms with van der Waals surface area (Å²) in [5, 5.41) is 10.9. The fraction of sp³-hybridized carbons (Fsp3) is 0.538. The van der Waals surface area contributed by atoms with Crippen molar-refractivity contribution < 1.29 is 9.66 Å². The molecule has 0 spiro atoms. The highest BCUT2D eigenvalue weighted by Gasteiger charge is 2.16. The van der Waals surface area contributed by atoms with Crippen LogP contribution in [0.25, 0.3) is 0 Å². The topological polar surface area (TPSA) is 90.4 Å². The van der Waals surface area contributed by atoms with Crippen LogP contribution in [-0.4, -0.2) is 11.5 Å². The minimum absolute atomic E-state index is 0.0368. The zero-order chi connectivity index (χ0) is 14.3. The van der Waals surface area contributed by atoms with Gasteiger partial charge in [0, 0.05) is 18.2 Å². The quantitative estimate of drug-likeness (QED) is 0.429. The van der Waals surface area contributed by atoms with E-state index < -0.39 is 4.92 Å². The molecule has 19 heavy (non-hydrogen) atoms. The number of nitrogen functional groups attached to an aromatic ring is 1. The summed E-state index contributed by atoms with van der Waals surface area (Å²) in [4.78, 5) is 10.4. The van der Waals surface area contributed by atoms with E-state index >= 15 is 0 Å². The van der Waals surface area contributed by atoms with Gasteiger partial charge in [0.05, 0.1) is 11.5 Å².